The predicted molar refractivity (Wildman–Crippen MR) is 114 cm³/mol. The van der Waals surface area contributed by atoms with Crippen LogP contribution in [0.2, 0.25) is 5.02 Å². The van der Waals surface area contributed by atoms with E-state index < -0.39 is 9.84 Å². The highest BCUT2D eigenvalue weighted by Crippen LogP contribution is 2.26. The summed E-state index contributed by atoms with van der Waals surface area (Å²) in [5.74, 6) is 1.38. The highest BCUT2D eigenvalue weighted by atomic mass is 35.5. The van der Waals surface area contributed by atoms with Gasteiger partial charge in [-0.25, -0.2) is 8.42 Å². The van der Waals surface area contributed by atoms with Crippen LogP contribution in [-0.4, -0.2) is 31.7 Å². The molecule has 1 aromatic heterocycles. The largest absolute Gasteiger partial charge is 0.355 e. The zero-order chi connectivity index (χ0) is 20.3. The van der Waals surface area contributed by atoms with E-state index in [0.717, 1.165) is 38.2 Å². The van der Waals surface area contributed by atoms with Crippen molar-refractivity contribution in [3.8, 4) is 0 Å². The second kappa shape index (κ2) is 8.51. The van der Waals surface area contributed by atoms with Crippen LogP contribution in [0.15, 0.2) is 76.7 Å². The number of hydrogen-bond acceptors (Lipinski definition) is 5. The fourth-order valence-corrected chi connectivity index (χ4v) is 4.93. The highest BCUT2D eigenvalue weighted by molar-refractivity contribution is 7.91. The van der Waals surface area contributed by atoms with Crippen LogP contribution in [0.1, 0.15) is 18.4 Å². The molecular formula is C22H22ClN3O2S. The second-order valence-electron chi connectivity index (χ2n) is 7.31. The van der Waals surface area contributed by atoms with Gasteiger partial charge in [0, 0.05) is 18.1 Å². The number of aromatic nitrogens is 2. The molecule has 3 aromatic rings. The Bertz CT molecular complexity index is 1050. The summed E-state index contributed by atoms with van der Waals surface area (Å²) in [7, 11) is -3.70. The molecule has 0 radical (unpaired) electrons. The standard InChI is InChI=1S/C22H22ClN3O2S/c23-19-6-8-20(9-7-19)29(27,28)22-11-10-21(24-25-22)26-14-12-18(13-15-26)16-17-4-2-1-3-5-17/h1-11,18H,12-16H2. The lowest BCUT2D eigenvalue weighted by Crippen LogP contribution is -2.35. The van der Waals surface area contributed by atoms with Gasteiger partial charge in [-0.05, 0) is 67.1 Å². The fourth-order valence-electron chi connectivity index (χ4n) is 3.67. The van der Waals surface area contributed by atoms with Crippen molar-refractivity contribution in [1.82, 2.24) is 10.2 Å². The van der Waals surface area contributed by atoms with Crippen LogP contribution in [0.3, 0.4) is 0 Å². The Morgan fingerprint density at radius 3 is 2.21 bits per heavy atom. The summed E-state index contributed by atoms with van der Waals surface area (Å²) in [4.78, 5) is 2.33. The third-order valence-electron chi connectivity index (χ3n) is 5.33. The van der Waals surface area contributed by atoms with Crippen LogP contribution in [0, 0.1) is 5.92 Å². The lowest BCUT2D eigenvalue weighted by Gasteiger charge is -2.32. The first-order valence-electron chi connectivity index (χ1n) is 9.65. The third-order valence-corrected chi connectivity index (χ3v) is 7.24. The number of piperidine rings is 1. The fraction of sp³-hybridized carbons (Fsp3) is 0.273. The summed E-state index contributed by atoms with van der Waals surface area (Å²) in [6.45, 7) is 1.80. The van der Waals surface area contributed by atoms with Crippen molar-refractivity contribution in [1.29, 1.82) is 0 Å². The first-order chi connectivity index (χ1) is 14.0. The van der Waals surface area contributed by atoms with Gasteiger partial charge in [-0.1, -0.05) is 41.9 Å². The average molecular weight is 428 g/mol. The van der Waals surface area contributed by atoms with Gasteiger partial charge in [0.25, 0.3) is 0 Å². The maximum Gasteiger partial charge on any atom is 0.225 e. The molecule has 4 rings (SSSR count). The summed E-state index contributed by atoms with van der Waals surface area (Å²) in [5.41, 5.74) is 1.38. The van der Waals surface area contributed by atoms with Gasteiger partial charge >= 0.3 is 0 Å². The van der Waals surface area contributed by atoms with Crippen LogP contribution in [-0.2, 0) is 16.3 Å². The topological polar surface area (TPSA) is 63.2 Å². The summed E-state index contributed by atoms with van der Waals surface area (Å²) >= 11 is 5.84. The van der Waals surface area contributed by atoms with Crippen molar-refractivity contribution in [3.05, 3.63) is 77.3 Å². The number of anilines is 1. The van der Waals surface area contributed by atoms with E-state index in [0.29, 0.717) is 10.9 Å². The number of nitrogens with zero attached hydrogens (tertiary/aromatic N) is 3. The molecule has 5 nitrogen and oxygen atoms in total. The lowest BCUT2D eigenvalue weighted by molar-refractivity contribution is 0.401. The van der Waals surface area contributed by atoms with E-state index in [1.54, 1.807) is 18.2 Å². The van der Waals surface area contributed by atoms with E-state index >= 15 is 0 Å². The van der Waals surface area contributed by atoms with Crippen molar-refractivity contribution < 1.29 is 8.42 Å². The summed E-state index contributed by atoms with van der Waals surface area (Å²) in [5, 5.41) is 8.62. The molecule has 29 heavy (non-hydrogen) atoms. The van der Waals surface area contributed by atoms with Crippen molar-refractivity contribution in [2.24, 2.45) is 5.92 Å². The first kappa shape index (κ1) is 19.9. The smallest absolute Gasteiger partial charge is 0.225 e. The molecule has 150 valence electrons. The van der Waals surface area contributed by atoms with E-state index in [4.69, 9.17) is 11.6 Å². The van der Waals surface area contributed by atoms with E-state index in [1.165, 1.54) is 23.8 Å². The molecule has 0 amide bonds. The van der Waals surface area contributed by atoms with Gasteiger partial charge in [0.05, 0.1) is 4.90 Å². The molecule has 0 spiro atoms. The van der Waals surface area contributed by atoms with E-state index in [-0.39, 0.29) is 9.92 Å². The lowest BCUT2D eigenvalue weighted by atomic mass is 9.90. The molecular weight excluding hydrogens is 406 g/mol. The zero-order valence-corrected chi connectivity index (χ0v) is 17.5. The Labute approximate surface area is 176 Å². The molecule has 1 saturated heterocycles. The van der Waals surface area contributed by atoms with Gasteiger partial charge < -0.3 is 4.90 Å². The SMILES string of the molecule is O=S(=O)(c1ccc(Cl)cc1)c1ccc(N2CCC(Cc3ccccc3)CC2)nn1. The minimum Gasteiger partial charge on any atom is -0.355 e. The Morgan fingerprint density at radius 1 is 0.897 bits per heavy atom. The number of benzene rings is 2. The van der Waals surface area contributed by atoms with Gasteiger partial charge in [0.15, 0.2) is 10.8 Å². The molecule has 1 fully saturated rings. The summed E-state index contributed by atoms with van der Waals surface area (Å²) in [6, 6.07) is 19.9. The Morgan fingerprint density at radius 2 is 1.59 bits per heavy atom. The van der Waals surface area contributed by atoms with Crippen LogP contribution >= 0.6 is 11.6 Å². The predicted octanol–water partition coefficient (Wildman–Crippen LogP) is 4.42. The van der Waals surface area contributed by atoms with Gasteiger partial charge in [-0.2, -0.15) is 0 Å². The first-order valence-corrected chi connectivity index (χ1v) is 11.5. The second-order valence-corrected chi connectivity index (χ2v) is 9.64. The van der Waals surface area contributed by atoms with Crippen LogP contribution in [0.4, 0.5) is 5.82 Å². The van der Waals surface area contributed by atoms with Crippen LogP contribution in [0.25, 0.3) is 0 Å². The summed E-state index contributed by atoms with van der Waals surface area (Å²) in [6.07, 6.45) is 3.27. The molecule has 7 heteroatoms. The van der Waals surface area contributed by atoms with Gasteiger partial charge in [0.1, 0.15) is 0 Å². The molecule has 0 aliphatic carbocycles. The van der Waals surface area contributed by atoms with Crippen LogP contribution in [0.5, 0.6) is 0 Å². The minimum atomic E-state index is -3.70. The highest BCUT2D eigenvalue weighted by Gasteiger charge is 2.23. The Kier molecular flexibility index (Phi) is 5.83. The maximum absolute atomic E-state index is 12.7. The quantitative estimate of drug-likeness (QED) is 0.603. The van der Waals surface area contributed by atoms with E-state index in [9.17, 15) is 8.42 Å². The number of rotatable bonds is 5. The zero-order valence-electron chi connectivity index (χ0n) is 15.9. The summed E-state index contributed by atoms with van der Waals surface area (Å²) < 4.78 is 25.4. The van der Waals surface area contributed by atoms with Gasteiger partial charge in [0.2, 0.25) is 9.84 Å². The van der Waals surface area contributed by atoms with Crippen molar-refractivity contribution in [3.63, 3.8) is 0 Å². The van der Waals surface area contributed by atoms with Crippen molar-refractivity contribution in [2.75, 3.05) is 18.0 Å². The molecule has 1 aliphatic rings. The van der Waals surface area contributed by atoms with Crippen molar-refractivity contribution >= 4 is 27.3 Å². The van der Waals surface area contributed by atoms with E-state index in [2.05, 4.69) is 39.4 Å². The van der Waals surface area contributed by atoms with Crippen LogP contribution < -0.4 is 4.90 Å². The van der Waals surface area contributed by atoms with E-state index in [1.807, 2.05) is 6.07 Å². The Hall–Kier alpha value is -2.44. The molecule has 2 heterocycles. The number of sulfone groups is 1. The van der Waals surface area contributed by atoms with Crippen molar-refractivity contribution in [2.45, 2.75) is 29.2 Å². The number of hydrogen-bond donors (Lipinski definition) is 0. The van der Waals surface area contributed by atoms with Gasteiger partial charge in [-0.3, -0.25) is 0 Å². The van der Waals surface area contributed by atoms with Gasteiger partial charge in [-0.15, -0.1) is 10.2 Å². The average Bonchev–Trinajstić information content (AvgIpc) is 2.75. The monoisotopic (exact) mass is 427 g/mol. The molecule has 0 saturated carbocycles. The molecule has 2 aromatic carbocycles. The third kappa shape index (κ3) is 4.60. The minimum absolute atomic E-state index is 0.0532. The molecule has 0 bridgehead atoms. The molecule has 1 aliphatic heterocycles. The Balaban J connectivity index is 1.40. The number of halogens is 1. The maximum atomic E-state index is 12.7. The normalized spacial score (nSPS) is 15.4. The molecule has 0 N–H and O–H groups in total. The molecule has 0 unspecified atom stereocenters. The molecule has 0 atom stereocenters.